The van der Waals surface area contributed by atoms with E-state index in [0.717, 1.165) is 15.9 Å². The smallest absolute Gasteiger partial charge is 0.225 e. The van der Waals surface area contributed by atoms with Crippen molar-refractivity contribution in [1.82, 2.24) is 0 Å². The summed E-state index contributed by atoms with van der Waals surface area (Å²) in [4.78, 5) is 25.5. The van der Waals surface area contributed by atoms with Gasteiger partial charge in [0.25, 0.3) is 0 Å². The van der Waals surface area contributed by atoms with E-state index in [1.54, 1.807) is 0 Å². The number of rotatable bonds is 4. The van der Waals surface area contributed by atoms with Crippen molar-refractivity contribution in [3.63, 3.8) is 0 Å². The second-order valence-electron chi connectivity index (χ2n) is 6.69. The van der Waals surface area contributed by atoms with E-state index in [1.807, 2.05) is 91.0 Å². The van der Waals surface area contributed by atoms with Crippen molar-refractivity contribution in [2.24, 2.45) is 4.74 Å². The minimum atomic E-state index is -2.78. The van der Waals surface area contributed by atoms with Crippen LogP contribution < -0.4 is 15.9 Å². The van der Waals surface area contributed by atoms with E-state index >= 15 is 0 Å². The van der Waals surface area contributed by atoms with E-state index in [-0.39, 0.29) is 15.8 Å². The van der Waals surface area contributed by atoms with Crippen LogP contribution in [0.3, 0.4) is 0 Å². The Bertz CT molecular complexity index is 1180. The summed E-state index contributed by atoms with van der Waals surface area (Å²) in [5.41, 5.74) is -0.175. The molecule has 0 spiro atoms. The van der Waals surface area contributed by atoms with Crippen LogP contribution in [0.25, 0.3) is 0 Å². The highest BCUT2D eigenvalue weighted by Crippen LogP contribution is 2.49. The summed E-state index contributed by atoms with van der Waals surface area (Å²) in [5, 5.41) is 1.62. The van der Waals surface area contributed by atoms with Gasteiger partial charge >= 0.3 is 0 Å². The van der Waals surface area contributed by atoms with Gasteiger partial charge in [0.2, 0.25) is 11.6 Å². The Labute approximate surface area is 195 Å². The Kier molecular flexibility index (Phi) is 6.31. The molecular formula is C24H15Cl3NO2P. The molecule has 0 fully saturated rings. The molecule has 154 valence electrons. The molecule has 0 saturated heterocycles. The summed E-state index contributed by atoms with van der Waals surface area (Å²) < 4.78 is 4.99. The maximum Gasteiger partial charge on any atom is 0.225 e. The van der Waals surface area contributed by atoms with Crippen molar-refractivity contribution in [2.45, 2.75) is 0 Å². The van der Waals surface area contributed by atoms with Crippen LogP contribution in [0.15, 0.2) is 117 Å². The van der Waals surface area contributed by atoms with E-state index in [9.17, 15) is 9.59 Å². The molecule has 0 N–H and O–H groups in total. The fourth-order valence-corrected chi connectivity index (χ4v) is 7.63. The molecule has 0 saturated carbocycles. The van der Waals surface area contributed by atoms with Crippen LogP contribution in [0.1, 0.15) is 0 Å². The predicted molar refractivity (Wildman–Crippen MR) is 129 cm³/mol. The average Bonchev–Trinajstić information content (AvgIpc) is 2.83. The molecule has 1 aliphatic carbocycles. The fraction of sp³-hybridized carbons (Fsp3) is 0. The molecule has 0 bridgehead atoms. The summed E-state index contributed by atoms with van der Waals surface area (Å²) in [6, 6.07) is 29.0. The highest BCUT2D eigenvalue weighted by molar-refractivity contribution is 7.87. The van der Waals surface area contributed by atoms with Crippen LogP contribution in [-0.4, -0.2) is 11.6 Å². The second-order valence-corrected chi connectivity index (χ2v) is 10.8. The Hall–Kier alpha value is -2.42. The van der Waals surface area contributed by atoms with Crippen molar-refractivity contribution < 1.29 is 9.59 Å². The number of carbonyl (C=O) groups excluding carboxylic acids is 2. The zero-order chi connectivity index (χ0) is 22.0. The summed E-state index contributed by atoms with van der Waals surface area (Å²) in [6.45, 7) is 0. The van der Waals surface area contributed by atoms with Gasteiger partial charge < -0.3 is 0 Å². The molecule has 3 aromatic carbocycles. The molecular weight excluding hydrogens is 472 g/mol. The van der Waals surface area contributed by atoms with E-state index < -0.39 is 23.7 Å². The predicted octanol–water partition coefficient (Wildman–Crippen LogP) is 5.46. The lowest BCUT2D eigenvalue weighted by Crippen LogP contribution is -2.26. The average molecular weight is 487 g/mol. The van der Waals surface area contributed by atoms with Gasteiger partial charge in [0, 0.05) is 15.9 Å². The lowest BCUT2D eigenvalue weighted by Gasteiger charge is -2.28. The standard InChI is InChI=1S/C24H15Cl3NO2P/c25-19-20(26)24(30)22(21(27)23(19)29)28-31(16-10-4-1-5-11-16,17-12-6-2-7-13-17)18-14-8-3-9-15-18/h1-15H. The number of hydrogen-bond donors (Lipinski definition) is 0. The van der Waals surface area contributed by atoms with Gasteiger partial charge in [-0.05, 0) is 0 Å². The number of benzene rings is 3. The van der Waals surface area contributed by atoms with Gasteiger partial charge in [-0.3, -0.25) is 9.59 Å². The third-order valence-corrected chi connectivity index (χ3v) is 9.66. The fourth-order valence-electron chi connectivity index (χ4n) is 3.40. The molecule has 3 aromatic rings. The topological polar surface area (TPSA) is 46.5 Å². The maximum absolute atomic E-state index is 13.0. The van der Waals surface area contributed by atoms with Crippen molar-refractivity contribution in [1.29, 1.82) is 0 Å². The number of halogens is 3. The van der Waals surface area contributed by atoms with E-state index in [4.69, 9.17) is 39.5 Å². The Balaban J connectivity index is 2.16. The SMILES string of the molecule is O=C1C(Cl)=C(Cl)C(=O)C(N=P(c2ccccc2)(c2ccccc2)c2ccccc2)=C1Cl. The first-order valence-corrected chi connectivity index (χ1v) is 12.2. The van der Waals surface area contributed by atoms with Gasteiger partial charge in [0.15, 0.2) is 0 Å². The zero-order valence-electron chi connectivity index (χ0n) is 16.0. The minimum absolute atomic E-state index is 0.175. The monoisotopic (exact) mass is 485 g/mol. The normalized spacial score (nSPS) is 14.8. The minimum Gasteiger partial charge on any atom is -0.286 e. The van der Waals surface area contributed by atoms with Gasteiger partial charge in [0.05, 0.1) is 7.05 Å². The van der Waals surface area contributed by atoms with Gasteiger partial charge in [0.1, 0.15) is 20.8 Å². The van der Waals surface area contributed by atoms with E-state index in [1.165, 1.54) is 0 Å². The molecule has 3 nitrogen and oxygen atoms in total. The van der Waals surface area contributed by atoms with Gasteiger partial charge in [-0.2, -0.15) is 0 Å². The number of carbonyl (C=O) groups is 2. The molecule has 0 unspecified atom stereocenters. The first kappa shape index (κ1) is 21.8. The zero-order valence-corrected chi connectivity index (χ0v) is 19.2. The first-order chi connectivity index (χ1) is 15.0. The summed E-state index contributed by atoms with van der Waals surface area (Å²) >= 11 is 18.3. The maximum atomic E-state index is 13.0. The number of Topliss-reactive ketones (excluding diaryl/α,β-unsaturated/α-hetero) is 2. The van der Waals surface area contributed by atoms with Crippen LogP contribution >= 0.6 is 41.9 Å². The Morgan fingerprint density at radius 1 is 0.516 bits per heavy atom. The lowest BCUT2D eigenvalue weighted by atomic mass is 10.1. The van der Waals surface area contributed by atoms with E-state index in [2.05, 4.69) is 0 Å². The molecule has 0 atom stereocenters. The lowest BCUT2D eigenvalue weighted by molar-refractivity contribution is -0.115. The Morgan fingerprint density at radius 3 is 1.26 bits per heavy atom. The van der Waals surface area contributed by atoms with Crippen LogP contribution in [0.2, 0.25) is 0 Å². The molecule has 4 rings (SSSR count). The molecule has 0 aliphatic heterocycles. The van der Waals surface area contributed by atoms with Crippen LogP contribution in [-0.2, 0) is 9.59 Å². The van der Waals surface area contributed by atoms with Crippen LogP contribution in [0.5, 0.6) is 0 Å². The second kappa shape index (κ2) is 8.98. The number of ketones is 2. The quantitative estimate of drug-likeness (QED) is 0.363. The molecule has 0 heterocycles. The van der Waals surface area contributed by atoms with E-state index in [0.29, 0.717) is 0 Å². The highest BCUT2D eigenvalue weighted by atomic mass is 35.5. The summed E-state index contributed by atoms with van der Waals surface area (Å²) in [5.74, 6) is -1.37. The molecule has 0 radical (unpaired) electrons. The third-order valence-electron chi connectivity index (χ3n) is 4.85. The van der Waals surface area contributed by atoms with Crippen LogP contribution in [0.4, 0.5) is 0 Å². The highest BCUT2D eigenvalue weighted by Gasteiger charge is 2.36. The van der Waals surface area contributed by atoms with Crippen molar-refractivity contribution >= 4 is 69.3 Å². The molecule has 1 aliphatic rings. The summed E-state index contributed by atoms with van der Waals surface area (Å²) in [6.07, 6.45) is 0. The Morgan fingerprint density at radius 2 is 0.871 bits per heavy atom. The van der Waals surface area contributed by atoms with Gasteiger partial charge in [-0.1, -0.05) is 126 Å². The number of hydrogen-bond acceptors (Lipinski definition) is 3. The van der Waals surface area contributed by atoms with Crippen molar-refractivity contribution in [3.05, 3.63) is 112 Å². The van der Waals surface area contributed by atoms with Crippen LogP contribution in [0, 0.1) is 0 Å². The molecule has 7 heteroatoms. The third kappa shape index (κ3) is 3.84. The summed E-state index contributed by atoms with van der Waals surface area (Å²) in [7, 11) is -2.78. The van der Waals surface area contributed by atoms with Crippen molar-refractivity contribution in [3.8, 4) is 0 Å². The van der Waals surface area contributed by atoms with Gasteiger partial charge in [-0.25, -0.2) is 4.74 Å². The first-order valence-electron chi connectivity index (χ1n) is 9.30. The molecule has 0 amide bonds. The van der Waals surface area contributed by atoms with Gasteiger partial charge in [-0.15, -0.1) is 0 Å². The molecule has 0 aromatic heterocycles. The number of nitrogens with zero attached hydrogens (tertiary/aromatic N) is 1. The number of allylic oxidation sites excluding steroid dienone is 3. The molecule has 31 heavy (non-hydrogen) atoms. The van der Waals surface area contributed by atoms with Crippen molar-refractivity contribution in [2.75, 3.05) is 0 Å². The largest absolute Gasteiger partial charge is 0.286 e.